The minimum Gasteiger partial charge on any atom is -0.322 e. The first-order chi connectivity index (χ1) is 15.9. The van der Waals surface area contributed by atoms with E-state index in [-0.39, 0.29) is 23.6 Å². The molecule has 1 aromatic heterocycles. The molecule has 1 unspecified atom stereocenters. The Labute approximate surface area is 193 Å². The molecule has 1 saturated heterocycles. The smallest absolute Gasteiger partial charge is 0.288 e. The number of pyridine rings is 1. The Balaban J connectivity index is 1.72. The summed E-state index contributed by atoms with van der Waals surface area (Å²) in [6.45, 7) is -0.0184. The summed E-state index contributed by atoms with van der Waals surface area (Å²) in [5.74, 6) is -1.63. The van der Waals surface area contributed by atoms with Crippen LogP contribution in [0.1, 0.15) is 22.3 Å². The molecule has 2 aromatic carbocycles. The van der Waals surface area contributed by atoms with Gasteiger partial charge in [0.05, 0.1) is 17.0 Å². The number of carbonyl (C=O) groups is 3. The van der Waals surface area contributed by atoms with Crippen molar-refractivity contribution >= 4 is 40.7 Å². The van der Waals surface area contributed by atoms with Gasteiger partial charge in [0.15, 0.2) is 0 Å². The van der Waals surface area contributed by atoms with E-state index in [1.54, 1.807) is 54.9 Å². The van der Waals surface area contributed by atoms with Crippen molar-refractivity contribution in [3.05, 3.63) is 99.3 Å². The molecular weight excluding hydrogens is 448 g/mol. The van der Waals surface area contributed by atoms with Gasteiger partial charge in [-0.2, -0.15) is 0 Å². The van der Waals surface area contributed by atoms with Crippen LogP contribution in [-0.4, -0.2) is 38.6 Å². The van der Waals surface area contributed by atoms with Crippen molar-refractivity contribution in [2.24, 2.45) is 0 Å². The molecule has 9 nitrogen and oxygen atoms in total. The number of nitro benzene ring substituents is 1. The number of imide groups is 1. The molecule has 0 radical (unpaired) electrons. The molecule has 1 aliphatic rings. The van der Waals surface area contributed by atoms with Crippen molar-refractivity contribution in [2.75, 3.05) is 4.90 Å². The molecule has 0 spiro atoms. The standard InChI is InChI=1S/C23H17ClN4O5/c24-18-9-8-16(11-19(18)28(32)33)22(30)26(14-15-5-4-10-25-13-15)20-12-21(29)27(23(20)31)17-6-2-1-3-7-17/h1-11,13,20H,12,14H2. The zero-order valence-electron chi connectivity index (χ0n) is 17.1. The highest BCUT2D eigenvalue weighted by Crippen LogP contribution is 2.30. The number of para-hydroxylation sites is 1. The van der Waals surface area contributed by atoms with Crippen molar-refractivity contribution in [2.45, 2.75) is 19.0 Å². The molecule has 166 valence electrons. The van der Waals surface area contributed by atoms with Crippen LogP contribution in [0.5, 0.6) is 0 Å². The zero-order valence-corrected chi connectivity index (χ0v) is 17.9. The fraction of sp³-hybridized carbons (Fsp3) is 0.130. The van der Waals surface area contributed by atoms with E-state index in [0.29, 0.717) is 11.3 Å². The fourth-order valence-electron chi connectivity index (χ4n) is 3.67. The summed E-state index contributed by atoms with van der Waals surface area (Å²) in [7, 11) is 0. The molecule has 0 aliphatic carbocycles. The van der Waals surface area contributed by atoms with Gasteiger partial charge in [0.25, 0.3) is 17.5 Å². The van der Waals surface area contributed by atoms with Crippen molar-refractivity contribution in [3.8, 4) is 0 Å². The highest BCUT2D eigenvalue weighted by atomic mass is 35.5. The van der Waals surface area contributed by atoms with Crippen LogP contribution < -0.4 is 4.90 Å². The zero-order chi connectivity index (χ0) is 23.5. The summed E-state index contributed by atoms with van der Waals surface area (Å²) in [5, 5.41) is 11.2. The Hall–Kier alpha value is -4.11. The van der Waals surface area contributed by atoms with Crippen LogP contribution in [0, 0.1) is 10.1 Å². The number of anilines is 1. The molecule has 33 heavy (non-hydrogen) atoms. The lowest BCUT2D eigenvalue weighted by molar-refractivity contribution is -0.384. The van der Waals surface area contributed by atoms with Crippen LogP contribution >= 0.6 is 11.6 Å². The number of aromatic nitrogens is 1. The number of carbonyl (C=O) groups excluding carboxylic acids is 3. The summed E-state index contributed by atoms with van der Waals surface area (Å²) in [5.41, 5.74) is 0.593. The normalized spacial score (nSPS) is 15.5. The molecule has 1 atom stereocenters. The maximum absolute atomic E-state index is 13.5. The van der Waals surface area contributed by atoms with Crippen molar-refractivity contribution in [1.82, 2.24) is 9.88 Å². The second kappa shape index (κ2) is 9.17. The molecular formula is C23H17ClN4O5. The van der Waals surface area contributed by atoms with Gasteiger partial charge in [0.2, 0.25) is 5.91 Å². The Kier molecular flexibility index (Phi) is 6.14. The van der Waals surface area contributed by atoms with Gasteiger partial charge in [-0.05, 0) is 35.9 Å². The number of hydrogen-bond acceptors (Lipinski definition) is 6. The first kappa shape index (κ1) is 22.1. The molecule has 10 heteroatoms. The van der Waals surface area contributed by atoms with Gasteiger partial charge >= 0.3 is 0 Å². The average molecular weight is 465 g/mol. The molecule has 0 N–H and O–H groups in total. The fourth-order valence-corrected chi connectivity index (χ4v) is 3.86. The van der Waals surface area contributed by atoms with E-state index in [1.807, 2.05) is 0 Å². The summed E-state index contributed by atoms with van der Waals surface area (Å²) in [6.07, 6.45) is 2.90. The molecule has 2 heterocycles. The van der Waals surface area contributed by atoms with Gasteiger partial charge in [-0.15, -0.1) is 0 Å². The maximum Gasteiger partial charge on any atom is 0.288 e. The van der Waals surface area contributed by atoms with E-state index >= 15 is 0 Å². The van der Waals surface area contributed by atoms with Gasteiger partial charge in [-0.3, -0.25) is 29.5 Å². The van der Waals surface area contributed by atoms with Crippen LogP contribution in [0.3, 0.4) is 0 Å². The third-order valence-corrected chi connectivity index (χ3v) is 5.56. The lowest BCUT2D eigenvalue weighted by Gasteiger charge is -2.28. The van der Waals surface area contributed by atoms with E-state index in [1.165, 1.54) is 17.0 Å². The molecule has 1 fully saturated rings. The minimum absolute atomic E-state index is 0.0184. The van der Waals surface area contributed by atoms with E-state index < -0.39 is 34.4 Å². The third kappa shape index (κ3) is 4.44. The number of amides is 3. The highest BCUT2D eigenvalue weighted by Gasteiger charge is 2.44. The average Bonchev–Trinajstić information content (AvgIpc) is 3.12. The first-order valence-corrected chi connectivity index (χ1v) is 10.3. The summed E-state index contributed by atoms with van der Waals surface area (Å²) in [4.78, 5) is 56.4. The van der Waals surface area contributed by atoms with Gasteiger partial charge < -0.3 is 4.90 Å². The molecule has 3 aromatic rings. The van der Waals surface area contributed by atoms with Gasteiger partial charge in [0.1, 0.15) is 11.1 Å². The van der Waals surface area contributed by atoms with Crippen LogP contribution in [0.15, 0.2) is 73.1 Å². The van der Waals surface area contributed by atoms with Crippen molar-refractivity contribution in [3.63, 3.8) is 0 Å². The largest absolute Gasteiger partial charge is 0.322 e. The summed E-state index contributed by atoms with van der Waals surface area (Å²) >= 11 is 5.88. The quantitative estimate of drug-likeness (QED) is 0.313. The molecule has 0 saturated carbocycles. The summed E-state index contributed by atoms with van der Waals surface area (Å²) < 4.78 is 0. The highest BCUT2D eigenvalue weighted by molar-refractivity contribution is 6.32. The van der Waals surface area contributed by atoms with E-state index in [9.17, 15) is 24.5 Å². The maximum atomic E-state index is 13.5. The molecule has 4 rings (SSSR count). The second-order valence-electron chi connectivity index (χ2n) is 7.34. The second-order valence-corrected chi connectivity index (χ2v) is 7.75. The van der Waals surface area contributed by atoms with Gasteiger partial charge in [-0.1, -0.05) is 35.9 Å². The van der Waals surface area contributed by atoms with Gasteiger partial charge in [0, 0.05) is 30.6 Å². The molecule has 3 amide bonds. The summed E-state index contributed by atoms with van der Waals surface area (Å²) in [6, 6.07) is 14.4. The van der Waals surface area contributed by atoms with Crippen LogP contribution in [-0.2, 0) is 16.1 Å². The molecule has 1 aliphatic heterocycles. The van der Waals surface area contributed by atoms with Gasteiger partial charge in [-0.25, -0.2) is 4.90 Å². The minimum atomic E-state index is -1.08. The SMILES string of the molecule is O=C1CC(N(Cc2cccnc2)C(=O)c2ccc(Cl)c([N+](=O)[O-])c2)C(=O)N1c1ccccc1. The topological polar surface area (TPSA) is 114 Å². The Morgan fingerprint density at radius 1 is 1.15 bits per heavy atom. The predicted molar refractivity (Wildman–Crippen MR) is 120 cm³/mol. The lowest BCUT2D eigenvalue weighted by atomic mass is 10.1. The number of benzene rings is 2. The third-order valence-electron chi connectivity index (χ3n) is 5.24. The Morgan fingerprint density at radius 2 is 1.91 bits per heavy atom. The monoisotopic (exact) mass is 464 g/mol. The Morgan fingerprint density at radius 3 is 2.58 bits per heavy atom. The van der Waals surface area contributed by atoms with Crippen molar-refractivity contribution in [1.29, 1.82) is 0 Å². The van der Waals surface area contributed by atoms with E-state index in [2.05, 4.69) is 4.98 Å². The predicted octanol–water partition coefficient (Wildman–Crippen LogP) is 3.62. The number of rotatable bonds is 6. The Bertz CT molecular complexity index is 1240. The first-order valence-electron chi connectivity index (χ1n) is 9.92. The van der Waals surface area contributed by atoms with E-state index in [0.717, 1.165) is 11.0 Å². The number of hydrogen-bond donors (Lipinski definition) is 0. The number of nitrogens with zero attached hydrogens (tertiary/aromatic N) is 4. The van der Waals surface area contributed by atoms with Crippen LogP contribution in [0.2, 0.25) is 5.02 Å². The lowest BCUT2D eigenvalue weighted by Crippen LogP contribution is -2.45. The van der Waals surface area contributed by atoms with Crippen molar-refractivity contribution < 1.29 is 19.3 Å². The van der Waals surface area contributed by atoms with Crippen LogP contribution in [0.4, 0.5) is 11.4 Å². The number of nitro groups is 1. The molecule has 0 bridgehead atoms. The number of halogens is 1. The van der Waals surface area contributed by atoms with E-state index in [4.69, 9.17) is 11.6 Å². The van der Waals surface area contributed by atoms with Crippen LogP contribution in [0.25, 0.3) is 0 Å².